The molecule has 4 rings (SSSR count). The van der Waals surface area contributed by atoms with Gasteiger partial charge in [-0.15, -0.1) is 0 Å². The van der Waals surface area contributed by atoms with E-state index in [1.807, 2.05) is 4.90 Å². The minimum absolute atomic E-state index is 0.229. The third kappa shape index (κ3) is 3.42. The lowest BCUT2D eigenvalue weighted by atomic mass is 9.93. The molecule has 1 aliphatic carbocycles. The number of hydrogen-bond acceptors (Lipinski definition) is 5. The summed E-state index contributed by atoms with van der Waals surface area (Å²) in [5.41, 5.74) is 0. The lowest BCUT2D eigenvalue weighted by Gasteiger charge is -2.30. The average Bonchev–Trinajstić information content (AvgIpc) is 3.29. The highest BCUT2D eigenvalue weighted by Crippen LogP contribution is 2.35. The van der Waals surface area contributed by atoms with Gasteiger partial charge in [0.25, 0.3) is 0 Å². The number of rotatable bonds is 4. The van der Waals surface area contributed by atoms with Gasteiger partial charge in [0, 0.05) is 25.4 Å². The summed E-state index contributed by atoms with van der Waals surface area (Å²) in [5, 5.41) is 4.21. The lowest BCUT2D eigenvalue weighted by molar-refractivity contribution is -0.134. The van der Waals surface area contributed by atoms with Crippen LogP contribution in [0, 0.1) is 5.92 Å². The molecule has 1 amide bonds. The molecule has 126 valence electrons. The normalized spacial score (nSPS) is 27.6. The molecule has 3 fully saturated rings. The number of carbonyl (C=O) groups is 1. The van der Waals surface area contributed by atoms with E-state index < -0.39 is 0 Å². The fourth-order valence-corrected chi connectivity index (χ4v) is 3.85. The second-order valence-corrected chi connectivity index (χ2v) is 7.51. The van der Waals surface area contributed by atoms with Crippen LogP contribution in [-0.2, 0) is 11.2 Å². The molecular formula is C17H26N4O2. The van der Waals surface area contributed by atoms with E-state index in [2.05, 4.69) is 22.1 Å². The maximum Gasteiger partial charge on any atom is 0.231 e. The first-order chi connectivity index (χ1) is 11.2. The first-order valence-corrected chi connectivity index (χ1v) is 8.99. The van der Waals surface area contributed by atoms with Gasteiger partial charge >= 0.3 is 0 Å². The zero-order valence-corrected chi connectivity index (χ0v) is 13.9. The second kappa shape index (κ2) is 6.23. The van der Waals surface area contributed by atoms with E-state index in [-0.39, 0.29) is 5.92 Å². The molecule has 1 aromatic heterocycles. The zero-order chi connectivity index (χ0) is 15.8. The highest BCUT2D eigenvalue weighted by Gasteiger charge is 2.38. The SMILES string of the molecule is CN1CCC(Cc2noc([C@H]3CCC(=O)N(C4CC4)C3)n2)CC1. The van der Waals surface area contributed by atoms with Gasteiger partial charge < -0.3 is 14.3 Å². The van der Waals surface area contributed by atoms with E-state index >= 15 is 0 Å². The molecular weight excluding hydrogens is 292 g/mol. The van der Waals surface area contributed by atoms with Gasteiger partial charge in [-0.2, -0.15) is 4.98 Å². The molecule has 1 atom stereocenters. The molecule has 0 radical (unpaired) electrons. The van der Waals surface area contributed by atoms with E-state index in [1.54, 1.807) is 0 Å². The molecule has 0 unspecified atom stereocenters. The fraction of sp³-hybridized carbons (Fsp3) is 0.824. The summed E-state index contributed by atoms with van der Waals surface area (Å²) in [6.07, 6.45) is 7.13. The van der Waals surface area contributed by atoms with Crippen molar-refractivity contribution in [1.82, 2.24) is 19.9 Å². The Morgan fingerprint density at radius 2 is 1.96 bits per heavy atom. The summed E-state index contributed by atoms with van der Waals surface area (Å²) in [4.78, 5) is 21.1. The summed E-state index contributed by atoms with van der Waals surface area (Å²) >= 11 is 0. The van der Waals surface area contributed by atoms with E-state index in [4.69, 9.17) is 4.52 Å². The van der Waals surface area contributed by atoms with E-state index in [1.165, 1.54) is 12.8 Å². The molecule has 0 aromatic carbocycles. The Labute approximate surface area is 137 Å². The van der Waals surface area contributed by atoms with Gasteiger partial charge in [-0.05, 0) is 58.2 Å². The summed E-state index contributed by atoms with van der Waals surface area (Å²) in [6, 6.07) is 0.479. The highest BCUT2D eigenvalue weighted by atomic mass is 16.5. The molecule has 6 nitrogen and oxygen atoms in total. The van der Waals surface area contributed by atoms with Gasteiger partial charge in [0.2, 0.25) is 11.8 Å². The lowest BCUT2D eigenvalue weighted by Crippen LogP contribution is -2.40. The first-order valence-electron chi connectivity index (χ1n) is 8.99. The first kappa shape index (κ1) is 15.1. The molecule has 3 heterocycles. The number of carbonyl (C=O) groups excluding carboxylic acids is 1. The minimum atomic E-state index is 0.229. The molecule has 1 saturated carbocycles. The third-order valence-electron chi connectivity index (χ3n) is 5.57. The van der Waals surface area contributed by atoms with E-state index in [9.17, 15) is 4.79 Å². The molecule has 2 saturated heterocycles. The van der Waals surface area contributed by atoms with Gasteiger partial charge in [0.15, 0.2) is 5.82 Å². The van der Waals surface area contributed by atoms with Gasteiger partial charge in [-0.3, -0.25) is 4.79 Å². The molecule has 1 aromatic rings. The summed E-state index contributed by atoms with van der Waals surface area (Å²) in [7, 11) is 2.18. The van der Waals surface area contributed by atoms with Crippen LogP contribution in [0.25, 0.3) is 0 Å². The zero-order valence-electron chi connectivity index (χ0n) is 13.9. The minimum Gasteiger partial charge on any atom is -0.339 e. The topological polar surface area (TPSA) is 62.5 Å². The van der Waals surface area contributed by atoms with Crippen LogP contribution in [0.15, 0.2) is 4.52 Å². The Kier molecular flexibility index (Phi) is 4.09. The van der Waals surface area contributed by atoms with Crippen molar-refractivity contribution in [3.63, 3.8) is 0 Å². The van der Waals surface area contributed by atoms with Crippen LogP contribution in [-0.4, -0.2) is 58.6 Å². The number of piperidine rings is 2. The summed E-state index contributed by atoms with van der Waals surface area (Å²) in [5.74, 6) is 2.80. The molecule has 6 heteroatoms. The summed E-state index contributed by atoms with van der Waals surface area (Å²) < 4.78 is 5.54. The maximum atomic E-state index is 12.0. The van der Waals surface area contributed by atoms with Crippen LogP contribution in [0.2, 0.25) is 0 Å². The van der Waals surface area contributed by atoms with Crippen molar-refractivity contribution in [2.75, 3.05) is 26.7 Å². The number of hydrogen-bond donors (Lipinski definition) is 0. The standard InChI is InChI=1S/C17H26N4O2/c1-20-8-6-12(7-9-20)10-15-18-17(23-19-15)13-2-5-16(22)21(11-13)14-3-4-14/h12-14H,2-11H2,1H3/t13-/m0/s1. The number of aromatic nitrogens is 2. The van der Waals surface area contributed by atoms with Gasteiger partial charge in [0.1, 0.15) is 0 Å². The molecule has 2 aliphatic heterocycles. The van der Waals surface area contributed by atoms with Crippen molar-refractivity contribution >= 4 is 5.91 Å². The van der Waals surface area contributed by atoms with Crippen LogP contribution in [0.5, 0.6) is 0 Å². The smallest absolute Gasteiger partial charge is 0.231 e. The highest BCUT2D eigenvalue weighted by molar-refractivity contribution is 5.77. The molecule has 23 heavy (non-hydrogen) atoms. The van der Waals surface area contributed by atoms with Crippen molar-refractivity contribution in [2.24, 2.45) is 5.92 Å². The average molecular weight is 318 g/mol. The predicted octanol–water partition coefficient (Wildman–Crippen LogP) is 1.82. The quantitative estimate of drug-likeness (QED) is 0.847. The van der Waals surface area contributed by atoms with Crippen molar-refractivity contribution in [2.45, 2.75) is 56.9 Å². The second-order valence-electron chi connectivity index (χ2n) is 7.51. The van der Waals surface area contributed by atoms with Crippen molar-refractivity contribution in [1.29, 1.82) is 0 Å². The largest absolute Gasteiger partial charge is 0.339 e. The number of likely N-dealkylation sites (tertiary alicyclic amines) is 2. The van der Waals surface area contributed by atoms with Gasteiger partial charge in [-0.1, -0.05) is 5.16 Å². The summed E-state index contributed by atoms with van der Waals surface area (Å²) in [6.45, 7) is 3.09. The van der Waals surface area contributed by atoms with E-state index in [0.717, 1.165) is 57.0 Å². The van der Waals surface area contributed by atoms with Crippen molar-refractivity contribution in [3.8, 4) is 0 Å². The van der Waals surface area contributed by atoms with E-state index in [0.29, 0.717) is 24.3 Å². The van der Waals surface area contributed by atoms with Crippen LogP contribution >= 0.6 is 0 Å². The maximum absolute atomic E-state index is 12.0. The molecule has 0 bridgehead atoms. The van der Waals surface area contributed by atoms with Crippen molar-refractivity contribution in [3.05, 3.63) is 11.7 Å². The van der Waals surface area contributed by atoms with Crippen LogP contribution < -0.4 is 0 Å². The Balaban J connectivity index is 1.36. The predicted molar refractivity (Wildman–Crippen MR) is 84.9 cm³/mol. The third-order valence-corrected chi connectivity index (χ3v) is 5.57. The van der Waals surface area contributed by atoms with Gasteiger partial charge in [-0.25, -0.2) is 0 Å². The fourth-order valence-electron chi connectivity index (χ4n) is 3.85. The van der Waals surface area contributed by atoms with Gasteiger partial charge in [0.05, 0.1) is 5.92 Å². The number of nitrogens with zero attached hydrogens (tertiary/aromatic N) is 4. The molecule has 3 aliphatic rings. The van der Waals surface area contributed by atoms with Crippen molar-refractivity contribution < 1.29 is 9.32 Å². The molecule has 0 spiro atoms. The van der Waals surface area contributed by atoms with Crippen LogP contribution in [0.4, 0.5) is 0 Å². The van der Waals surface area contributed by atoms with Crippen LogP contribution in [0.3, 0.4) is 0 Å². The Hall–Kier alpha value is -1.43. The molecule has 0 N–H and O–H groups in total. The Bertz CT molecular complexity index is 561. The Morgan fingerprint density at radius 1 is 1.17 bits per heavy atom. The monoisotopic (exact) mass is 318 g/mol. The van der Waals surface area contributed by atoms with Crippen LogP contribution in [0.1, 0.15) is 56.2 Å². The number of amides is 1. The Morgan fingerprint density at radius 3 is 2.70 bits per heavy atom.